The van der Waals surface area contributed by atoms with Gasteiger partial charge in [0.1, 0.15) is 5.75 Å². The lowest BCUT2D eigenvalue weighted by Crippen LogP contribution is -2.14. The molecule has 0 aromatic heterocycles. The maximum atomic E-state index is 12.3. The lowest BCUT2D eigenvalue weighted by atomic mass is 10.1. The van der Waals surface area contributed by atoms with Crippen LogP contribution in [0.25, 0.3) is 0 Å². The molecule has 0 saturated heterocycles. The Kier molecular flexibility index (Phi) is 4.37. The lowest BCUT2D eigenvalue weighted by molar-refractivity contribution is 0.102. The van der Waals surface area contributed by atoms with Gasteiger partial charge in [-0.2, -0.15) is 0 Å². The normalized spacial score (nSPS) is 10.2. The van der Waals surface area contributed by atoms with Crippen molar-refractivity contribution in [2.45, 2.75) is 0 Å². The third kappa shape index (κ3) is 2.98. The van der Waals surface area contributed by atoms with E-state index < -0.39 is 5.91 Å². The molecule has 0 bridgehead atoms. The maximum Gasteiger partial charge on any atom is 0.259 e. The number of para-hydroxylation sites is 1. The fraction of sp³-hybridized carbons (Fsp3) is 0.0714. The summed E-state index contributed by atoms with van der Waals surface area (Å²) in [6.07, 6.45) is 0. The van der Waals surface area contributed by atoms with Crippen LogP contribution < -0.4 is 15.8 Å². The molecule has 2 rings (SSSR count). The average molecular weight is 311 g/mol. The molecule has 0 aliphatic rings. The molecule has 0 heterocycles. The molecule has 4 nitrogen and oxygen atoms in total. The second-order valence-corrected chi connectivity index (χ2v) is 4.82. The first kappa shape index (κ1) is 14.5. The van der Waals surface area contributed by atoms with Crippen LogP contribution >= 0.6 is 23.2 Å². The van der Waals surface area contributed by atoms with Gasteiger partial charge in [0.25, 0.3) is 5.91 Å². The number of hydrogen-bond donors (Lipinski definition) is 2. The van der Waals surface area contributed by atoms with Crippen LogP contribution in [0.1, 0.15) is 10.4 Å². The summed E-state index contributed by atoms with van der Waals surface area (Å²) in [6, 6.07) is 9.77. The number of nitrogen functional groups attached to an aromatic ring is 1. The van der Waals surface area contributed by atoms with Gasteiger partial charge in [-0.1, -0.05) is 29.3 Å². The van der Waals surface area contributed by atoms with Crippen LogP contribution in [-0.4, -0.2) is 13.0 Å². The van der Waals surface area contributed by atoms with Gasteiger partial charge in [-0.25, -0.2) is 0 Å². The Morgan fingerprint density at radius 2 is 1.85 bits per heavy atom. The van der Waals surface area contributed by atoms with Gasteiger partial charge in [0, 0.05) is 5.69 Å². The highest BCUT2D eigenvalue weighted by Crippen LogP contribution is 2.31. The molecular weight excluding hydrogens is 299 g/mol. The van der Waals surface area contributed by atoms with Crippen molar-refractivity contribution < 1.29 is 9.53 Å². The second kappa shape index (κ2) is 6.03. The van der Waals surface area contributed by atoms with Gasteiger partial charge in [-0.05, 0) is 30.3 Å². The van der Waals surface area contributed by atoms with Crippen LogP contribution in [0.4, 0.5) is 11.4 Å². The molecule has 1 amide bonds. The minimum atomic E-state index is -0.399. The summed E-state index contributed by atoms with van der Waals surface area (Å²) in [6.45, 7) is 0. The molecule has 0 atom stereocenters. The smallest absolute Gasteiger partial charge is 0.259 e. The van der Waals surface area contributed by atoms with Gasteiger partial charge in [-0.15, -0.1) is 0 Å². The Hall–Kier alpha value is -1.91. The maximum absolute atomic E-state index is 12.3. The van der Waals surface area contributed by atoms with Crippen molar-refractivity contribution in [3.05, 3.63) is 52.0 Å². The Labute approximate surface area is 126 Å². The van der Waals surface area contributed by atoms with E-state index in [-0.39, 0.29) is 0 Å². The van der Waals surface area contributed by atoms with E-state index in [0.717, 1.165) is 0 Å². The number of ether oxygens (including phenoxy) is 1. The van der Waals surface area contributed by atoms with Gasteiger partial charge in [-0.3, -0.25) is 4.79 Å². The number of benzene rings is 2. The molecule has 0 saturated carbocycles. The number of hydrogen-bond acceptors (Lipinski definition) is 3. The average Bonchev–Trinajstić information content (AvgIpc) is 2.43. The van der Waals surface area contributed by atoms with Crippen LogP contribution in [0.5, 0.6) is 5.75 Å². The van der Waals surface area contributed by atoms with Crippen molar-refractivity contribution in [3.63, 3.8) is 0 Å². The number of methoxy groups -OCH3 is 1. The van der Waals surface area contributed by atoms with E-state index in [1.807, 2.05) is 0 Å². The monoisotopic (exact) mass is 310 g/mol. The highest BCUT2D eigenvalue weighted by atomic mass is 35.5. The number of carbonyl (C=O) groups excluding carboxylic acids is 1. The SMILES string of the molecule is COc1ccc(N)cc1C(=O)Nc1c(Cl)cccc1Cl. The predicted octanol–water partition coefficient (Wildman–Crippen LogP) is 3.84. The van der Waals surface area contributed by atoms with E-state index in [9.17, 15) is 4.79 Å². The van der Waals surface area contributed by atoms with Crippen LogP contribution in [0, 0.1) is 0 Å². The van der Waals surface area contributed by atoms with Crippen LogP contribution in [0.3, 0.4) is 0 Å². The van der Waals surface area contributed by atoms with Crippen LogP contribution in [-0.2, 0) is 0 Å². The molecule has 6 heteroatoms. The van der Waals surface area contributed by atoms with Gasteiger partial charge < -0.3 is 15.8 Å². The molecule has 2 aromatic rings. The molecule has 0 aliphatic carbocycles. The van der Waals surface area contributed by atoms with E-state index in [2.05, 4.69) is 5.32 Å². The van der Waals surface area contributed by atoms with Crippen molar-refractivity contribution in [1.29, 1.82) is 0 Å². The fourth-order valence-electron chi connectivity index (χ4n) is 1.70. The third-order valence-corrected chi connectivity index (χ3v) is 3.30. The summed E-state index contributed by atoms with van der Waals surface area (Å²) in [5.74, 6) is 0.0176. The first-order valence-corrected chi connectivity index (χ1v) is 6.47. The van der Waals surface area contributed by atoms with Gasteiger partial charge in [0.15, 0.2) is 0 Å². The largest absolute Gasteiger partial charge is 0.496 e. The summed E-state index contributed by atoms with van der Waals surface area (Å²) in [4.78, 5) is 12.3. The Bertz CT molecular complexity index is 639. The summed E-state index contributed by atoms with van der Waals surface area (Å²) >= 11 is 12.0. The Balaban J connectivity index is 2.35. The van der Waals surface area contributed by atoms with Crippen molar-refractivity contribution >= 4 is 40.5 Å². The number of nitrogens with two attached hydrogens (primary N) is 1. The number of amides is 1. The standard InChI is InChI=1S/C14H12Cl2N2O2/c1-20-12-6-5-8(17)7-9(12)14(19)18-13-10(15)3-2-4-11(13)16/h2-7H,17H2,1H3,(H,18,19). The molecular formula is C14H12Cl2N2O2. The zero-order chi connectivity index (χ0) is 14.7. The molecule has 0 spiro atoms. The molecule has 0 fully saturated rings. The summed E-state index contributed by atoms with van der Waals surface area (Å²) in [5, 5.41) is 3.37. The molecule has 2 aromatic carbocycles. The molecule has 3 N–H and O–H groups in total. The summed E-state index contributed by atoms with van der Waals surface area (Å²) < 4.78 is 5.14. The van der Waals surface area contributed by atoms with Gasteiger partial charge >= 0.3 is 0 Å². The topological polar surface area (TPSA) is 64.3 Å². The molecule has 104 valence electrons. The first-order valence-electron chi connectivity index (χ1n) is 5.72. The number of nitrogens with one attached hydrogen (secondary N) is 1. The van der Waals surface area contributed by atoms with Crippen molar-refractivity contribution in [2.75, 3.05) is 18.2 Å². The van der Waals surface area contributed by atoms with Gasteiger partial charge in [0.2, 0.25) is 0 Å². The van der Waals surface area contributed by atoms with E-state index in [1.165, 1.54) is 13.2 Å². The fourth-order valence-corrected chi connectivity index (χ4v) is 2.19. The Morgan fingerprint density at radius 1 is 1.20 bits per heavy atom. The lowest BCUT2D eigenvalue weighted by Gasteiger charge is -2.12. The second-order valence-electron chi connectivity index (χ2n) is 4.01. The predicted molar refractivity (Wildman–Crippen MR) is 81.8 cm³/mol. The van der Waals surface area contributed by atoms with Crippen molar-refractivity contribution in [2.24, 2.45) is 0 Å². The van der Waals surface area contributed by atoms with Crippen molar-refractivity contribution in [1.82, 2.24) is 0 Å². The Morgan fingerprint density at radius 3 is 2.45 bits per heavy atom. The molecule has 0 aliphatic heterocycles. The number of rotatable bonds is 3. The van der Waals surface area contributed by atoms with E-state index in [0.29, 0.717) is 32.7 Å². The highest BCUT2D eigenvalue weighted by Gasteiger charge is 2.15. The number of anilines is 2. The quantitative estimate of drug-likeness (QED) is 0.847. The molecule has 0 radical (unpaired) electrons. The van der Waals surface area contributed by atoms with E-state index >= 15 is 0 Å². The van der Waals surface area contributed by atoms with Gasteiger partial charge in [0.05, 0.1) is 28.4 Å². The number of halogens is 2. The zero-order valence-corrected chi connectivity index (χ0v) is 12.1. The van der Waals surface area contributed by atoms with E-state index in [1.54, 1.807) is 30.3 Å². The summed E-state index contributed by atoms with van der Waals surface area (Å²) in [7, 11) is 1.48. The van der Waals surface area contributed by atoms with Crippen LogP contribution in [0.2, 0.25) is 10.0 Å². The minimum Gasteiger partial charge on any atom is -0.496 e. The summed E-state index contributed by atoms with van der Waals surface area (Å²) in [5.41, 5.74) is 6.81. The van der Waals surface area contributed by atoms with Crippen molar-refractivity contribution in [3.8, 4) is 5.75 Å². The minimum absolute atomic E-state index is 0.309. The molecule has 20 heavy (non-hydrogen) atoms. The number of carbonyl (C=O) groups is 1. The van der Waals surface area contributed by atoms with Crippen LogP contribution in [0.15, 0.2) is 36.4 Å². The highest BCUT2D eigenvalue weighted by molar-refractivity contribution is 6.40. The zero-order valence-electron chi connectivity index (χ0n) is 10.6. The third-order valence-electron chi connectivity index (χ3n) is 2.67. The first-order chi connectivity index (χ1) is 9.52. The van der Waals surface area contributed by atoms with E-state index in [4.69, 9.17) is 33.7 Å². The molecule has 0 unspecified atom stereocenters.